The first-order valence-electron chi connectivity index (χ1n) is 5.08. The van der Waals surface area contributed by atoms with Gasteiger partial charge < -0.3 is 5.32 Å². The molecule has 74 valence electrons. The first-order valence-corrected chi connectivity index (χ1v) is 5.08. The number of hydrogen-bond acceptors (Lipinski definition) is 1. The maximum absolute atomic E-state index is 11.4. The summed E-state index contributed by atoms with van der Waals surface area (Å²) >= 11 is 0. The Morgan fingerprint density at radius 2 is 2.50 bits per heavy atom. The van der Waals surface area contributed by atoms with Gasteiger partial charge in [0.05, 0.1) is 6.04 Å². The van der Waals surface area contributed by atoms with Gasteiger partial charge in [-0.2, -0.15) is 0 Å². The highest BCUT2D eigenvalue weighted by Crippen LogP contribution is 2.31. The summed E-state index contributed by atoms with van der Waals surface area (Å²) in [4.78, 5) is 11.4. The molecule has 1 fully saturated rings. The molecule has 0 aromatic carbocycles. The number of fused-ring (bicyclic) bond motifs is 1. The lowest BCUT2D eigenvalue weighted by atomic mass is 9.80. The van der Waals surface area contributed by atoms with Crippen LogP contribution in [0.3, 0.4) is 0 Å². The molecule has 2 rings (SSSR count). The molecule has 0 saturated carbocycles. The summed E-state index contributed by atoms with van der Waals surface area (Å²) in [5.74, 6) is 0.605. The minimum absolute atomic E-state index is 0.175. The van der Waals surface area contributed by atoms with Gasteiger partial charge in [0.2, 0.25) is 5.91 Å². The molecule has 2 aliphatic rings. The minimum atomic E-state index is 0.175. The Bertz CT molecular complexity index is 314. The van der Waals surface area contributed by atoms with Crippen molar-refractivity contribution in [3.8, 4) is 0 Å². The Hall–Kier alpha value is -1.31. The van der Waals surface area contributed by atoms with Crippen LogP contribution in [0.2, 0.25) is 0 Å². The third-order valence-electron chi connectivity index (χ3n) is 2.89. The second-order valence-corrected chi connectivity index (χ2v) is 3.88. The smallest absolute Gasteiger partial charge is 0.221 e. The van der Waals surface area contributed by atoms with Crippen LogP contribution in [-0.4, -0.2) is 11.9 Å². The van der Waals surface area contributed by atoms with Gasteiger partial charge in [0.25, 0.3) is 0 Å². The van der Waals surface area contributed by atoms with Crippen molar-refractivity contribution in [3.63, 3.8) is 0 Å². The van der Waals surface area contributed by atoms with E-state index in [2.05, 4.69) is 30.1 Å². The van der Waals surface area contributed by atoms with E-state index in [1.807, 2.05) is 6.08 Å². The Morgan fingerprint density at radius 3 is 3.29 bits per heavy atom. The molecule has 0 spiro atoms. The van der Waals surface area contributed by atoms with E-state index >= 15 is 0 Å². The molecule has 1 aliphatic carbocycles. The molecule has 0 radical (unpaired) electrons. The highest BCUT2D eigenvalue weighted by atomic mass is 16.1. The molecule has 2 atom stereocenters. The van der Waals surface area contributed by atoms with E-state index in [0.717, 1.165) is 12.8 Å². The fraction of sp³-hybridized carbons (Fsp3) is 0.417. The Kier molecular flexibility index (Phi) is 2.53. The quantitative estimate of drug-likeness (QED) is 0.661. The van der Waals surface area contributed by atoms with Crippen molar-refractivity contribution < 1.29 is 4.79 Å². The van der Waals surface area contributed by atoms with Gasteiger partial charge in [-0.25, -0.2) is 0 Å². The van der Waals surface area contributed by atoms with Crippen LogP contribution in [0, 0.1) is 5.92 Å². The summed E-state index contributed by atoms with van der Waals surface area (Å²) in [5.41, 5.74) is 1.37. The normalized spacial score (nSPS) is 30.3. The number of allylic oxidation sites excluding steroid dienone is 3. The van der Waals surface area contributed by atoms with Gasteiger partial charge >= 0.3 is 0 Å². The summed E-state index contributed by atoms with van der Waals surface area (Å²) in [7, 11) is 0. The number of piperidine rings is 1. The molecule has 1 amide bonds. The Morgan fingerprint density at radius 1 is 1.64 bits per heavy atom. The van der Waals surface area contributed by atoms with Crippen molar-refractivity contribution in [1.82, 2.24) is 5.32 Å². The van der Waals surface area contributed by atoms with Crippen molar-refractivity contribution in [2.45, 2.75) is 25.3 Å². The van der Waals surface area contributed by atoms with E-state index in [4.69, 9.17) is 0 Å². The summed E-state index contributed by atoms with van der Waals surface area (Å²) in [5, 5.41) is 3.00. The van der Waals surface area contributed by atoms with Crippen molar-refractivity contribution in [3.05, 3.63) is 36.5 Å². The fourth-order valence-electron chi connectivity index (χ4n) is 2.22. The summed E-state index contributed by atoms with van der Waals surface area (Å²) in [6, 6.07) is 0.184. The lowest BCUT2D eigenvalue weighted by Crippen LogP contribution is -2.44. The first-order chi connectivity index (χ1) is 6.81. The van der Waals surface area contributed by atoms with Crippen LogP contribution in [0.5, 0.6) is 0 Å². The van der Waals surface area contributed by atoms with E-state index in [1.165, 1.54) is 5.57 Å². The van der Waals surface area contributed by atoms with Crippen LogP contribution in [0.15, 0.2) is 36.5 Å². The molecule has 1 heterocycles. The van der Waals surface area contributed by atoms with Gasteiger partial charge in [0.1, 0.15) is 0 Å². The second-order valence-electron chi connectivity index (χ2n) is 3.88. The Labute approximate surface area is 84.4 Å². The zero-order valence-electron chi connectivity index (χ0n) is 8.20. The van der Waals surface area contributed by atoms with E-state index < -0.39 is 0 Å². The topological polar surface area (TPSA) is 29.1 Å². The predicted molar refractivity (Wildman–Crippen MR) is 56.7 cm³/mol. The van der Waals surface area contributed by atoms with Gasteiger partial charge in [-0.3, -0.25) is 4.79 Å². The summed E-state index contributed by atoms with van der Waals surface area (Å²) in [6.45, 7) is 3.72. The number of nitrogens with one attached hydrogen (secondary N) is 1. The van der Waals surface area contributed by atoms with Crippen molar-refractivity contribution in [2.24, 2.45) is 5.92 Å². The average molecular weight is 189 g/mol. The lowest BCUT2D eigenvalue weighted by Gasteiger charge is -2.33. The van der Waals surface area contributed by atoms with E-state index in [0.29, 0.717) is 12.3 Å². The molecule has 2 nitrogen and oxygen atoms in total. The fourth-order valence-corrected chi connectivity index (χ4v) is 2.22. The number of carbonyl (C=O) groups is 1. The number of amides is 1. The molecule has 1 N–H and O–H groups in total. The van der Waals surface area contributed by atoms with Crippen LogP contribution in [0.1, 0.15) is 19.3 Å². The molecule has 1 saturated heterocycles. The Balaban J connectivity index is 2.21. The molecule has 0 aromatic rings. The highest BCUT2D eigenvalue weighted by molar-refractivity contribution is 5.79. The maximum Gasteiger partial charge on any atom is 0.221 e. The van der Waals surface area contributed by atoms with Gasteiger partial charge in [-0.05, 0) is 24.3 Å². The number of rotatable bonds is 2. The van der Waals surface area contributed by atoms with Crippen molar-refractivity contribution >= 4 is 5.91 Å². The zero-order valence-corrected chi connectivity index (χ0v) is 8.20. The molecule has 2 heteroatoms. The molecule has 0 aromatic heterocycles. The zero-order chi connectivity index (χ0) is 9.97. The molecular weight excluding hydrogens is 174 g/mol. The lowest BCUT2D eigenvalue weighted by molar-refractivity contribution is -0.123. The SMILES string of the molecule is C=CCC1NC(=O)CC2CC=CC=C21. The van der Waals surface area contributed by atoms with Crippen LogP contribution in [-0.2, 0) is 4.79 Å². The third kappa shape index (κ3) is 1.65. The van der Waals surface area contributed by atoms with Gasteiger partial charge in [-0.15, -0.1) is 6.58 Å². The van der Waals surface area contributed by atoms with Gasteiger partial charge in [0.15, 0.2) is 0 Å². The van der Waals surface area contributed by atoms with Crippen LogP contribution in [0.25, 0.3) is 0 Å². The van der Waals surface area contributed by atoms with Crippen molar-refractivity contribution in [1.29, 1.82) is 0 Å². The highest BCUT2D eigenvalue weighted by Gasteiger charge is 2.30. The largest absolute Gasteiger partial charge is 0.349 e. The van der Waals surface area contributed by atoms with Crippen LogP contribution >= 0.6 is 0 Å². The number of carbonyl (C=O) groups excluding carboxylic acids is 1. The van der Waals surface area contributed by atoms with E-state index in [1.54, 1.807) is 0 Å². The standard InChI is InChI=1S/C12H15NO/c1-2-5-11-10-7-4-3-6-9(10)8-12(14)13-11/h2-4,7,9,11H,1,5-6,8H2,(H,13,14). The maximum atomic E-state index is 11.4. The van der Waals surface area contributed by atoms with Crippen LogP contribution < -0.4 is 5.32 Å². The van der Waals surface area contributed by atoms with Crippen molar-refractivity contribution in [2.75, 3.05) is 0 Å². The number of hydrogen-bond donors (Lipinski definition) is 1. The monoisotopic (exact) mass is 189 g/mol. The predicted octanol–water partition coefficient (Wildman–Crippen LogP) is 1.95. The summed E-state index contributed by atoms with van der Waals surface area (Å²) < 4.78 is 0. The summed E-state index contributed by atoms with van der Waals surface area (Å²) in [6.07, 6.45) is 10.7. The van der Waals surface area contributed by atoms with Gasteiger partial charge in [-0.1, -0.05) is 24.3 Å². The molecule has 1 aliphatic heterocycles. The minimum Gasteiger partial charge on any atom is -0.349 e. The molecule has 14 heavy (non-hydrogen) atoms. The molecule has 0 bridgehead atoms. The van der Waals surface area contributed by atoms with Gasteiger partial charge in [0, 0.05) is 6.42 Å². The molecule has 2 unspecified atom stereocenters. The van der Waals surface area contributed by atoms with E-state index in [-0.39, 0.29) is 11.9 Å². The average Bonchev–Trinajstić information content (AvgIpc) is 2.18. The third-order valence-corrected chi connectivity index (χ3v) is 2.89. The van der Waals surface area contributed by atoms with E-state index in [9.17, 15) is 4.79 Å². The first kappa shape index (κ1) is 9.25. The second kappa shape index (κ2) is 3.82. The molecular formula is C12H15NO. The van der Waals surface area contributed by atoms with Crippen LogP contribution in [0.4, 0.5) is 0 Å².